The Morgan fingerprint density at radius 3 is 2.21 bits per heavy atom. The van der Waals surface area contributed by atoms with Gasteiger partial charge >= 0.3 is 0 Å². The summed E-state index contributed by atoms with van der Waals surface area (Å²) in [7, 11) is 2.99. The van der Waals surface area contributed by atoms with Gasteiger partial charge in [0.05, 0.1) is 10.7 Å². The van der Waals surface area contributed by atoms with Crippen LogP contribution in [0.25, 0.3) is 0 Å². The highest BCUT2D eigenvalue weighted by molar-refractivity contribution is 6.37. The smallest absolute Gasteiger partial charge is 0.0640 e. The molecule has 14 heavy (non-hydrogen) atoms. The second kappa shape index (κ2) is 3.95. The molecule has 0 unspecified atom stereocenters. The van der Waals surface area contributed by atoms with Crippen LogP contribution in [0.1, 0.15) is 26.3 Å². The molecule has 0 saturated carbocycles. The van der Waals surface area contributed by atoms with E-state index in [-0.39, 0.29) is 5.41 Å². The van der Waals surface area contributed by atoms with Crippen LogP contribution in [0.4, 0.5) is 5.69 Å². The molecule has 3 heteroatoms. The van der Waals surface area contributed by atoms with Crippen molar-refractivity contribution in [2.75, 3.05) is 12.4 Å². The first-order valence-electron chi connectivity index (χ1n) is 4.85. The quantitative estimate of drug-likeness (QED) is 0.720. The minimum Gasteiger partial charge on any atom is -0.387 e. The van der Waals surface area contributed by atoms with E-state index >= 15 is 0 Å². The van der Waals surface area contributed by atoms with Gasteiger partial charge in [0, 0.05) is 17.3 Å². The molecule has 0 aliphatic carbocycles. The molecule has 1 aromatic carbocycles. The van der Waals surface area contributed by atoms with Crippen molar-refractivity contribution in [2.24, 2.45) is 0 Å². The van der Waals surface area contributed by atoms with Gasteiger partial charge in [-0.2, -0.15) is 0 Å². The number of hydrogen-bond acceptors (Lipinski definition) is 1. The zero-order valence-electron chi connectivity index (χ0n) is 9.53. The van der Waals surface area contributed by atoms with Gasteiger partial charge in [0.2, 0.25) is 0 Å². The van der Waals surface area contributed by atoms with Crippen LogP contribution in [-0.2, 0) is 5.41 Å². The van der Waals surface area contributed by atoms with Crippen molar-refractivity contribution in [1.29, 1.82) is 0 Å². The van der Waals surface area contributed by atoms with Crippen LogP contribution < -0.4 is 10.5 Å². The molecule has 78 valence electrons. The van der Waals surface area contributed by atoms with E-state index in [1.165, 1.54) is 10.8 Å². The van der Waals surface area contributed by atoms with E-state index in [0.717, 1.165) is 21.0 Å². The van der Waals surface area contributed by atoms with Gasteiger partial charge in [-0.3, -0.25) is 0 Å². The maximum Gasteiger partial charge on any atom is 0.0640 e. The van der Waals surface area contributed by atoms with Crippen molar-refractivity contribution in [1.82, 2.24) is 0 Å². The summed E-state index contributed by atoms with van der Waals surface area (Å²) < 4.78 is 0. The number of halogens is 1. The first kappa shape index (κ1) is 11.6. The molecule has 0 bridgehead atoms. The van der Waals surface area contributed by atoms with Gasteiger partial charge < -0.3 is 5.32 Å². The minimum atomic E-state index is 0.153. The van der Waals surface area contributed by atoms with Gasteiger partial charge in [-0.05, 0) is 17.0 Å². The fraction of sp³-hybridized carbons (Fsp3) is 0.455. The van der Waals surface area contributed by atoms with E-state index in [1.54, 1.807) is 0 Å². The van der Waals surface area contributed by atoms with E-state index in [4.69, 9.17) is 11.6 Å². The molecule has 1 rings (SSSR count). The Balaban J connectivity index is 3.46. The predicted octanol–water partition coefficient (Wildman–Crippen LogP) is 1.67. The average Bonchev–Trinajstić information content (AvgIpc) is 2.06. The summed E-state index contributed by atoms with van der Waals surface area (Å²) in [6, 6.07) is 4.11. The van der Waals surface area contributed by atoms with Crippen molar-refractivity contribution < 1.29 is 0 Å². The van der Waals surface area contributed by atoms with Gasteiger partial charge in [0.15, 0.2) is 0 Å². The molecule has 1 nitrogen and oxygen atoms in total. The topological polar surface area (TPSA) is 12.0 Å². The van der Waals surface area contributed by atoms with Crippen molar-refractivity contribution >= 4 is 32.7 Å². The molecule has 0 radical (unpaired) electrons. The fourth-order valence-electron chi connectivity index (χ4n) is 1.89. The molecule has 1 aromatic rings. The normalized spacial score (nSPS) is 11.8. The van der Waals surface area contributed by atoms with Crippen molar-refractivity contribution in [3.8, 4) is 0 Å². The van der Waals surface area contributed by atoms with Crippen LogP contribution in [0.2, 0.25) is 5.02 Å². The monoisotopic (exact) mass is 227 g/mol. The highest BCUT2D eigenvalue weighted by Gasteiger charge is 2.21. The SMILES string of the molecule is CNc1c(Cl)ccc([SiH3])c1C(C)(C)C. The van der Waals surface area contributed by atoms with Gasteiger partial charge in [0.25, 0.3) is 0 Å². The summed E-state index contributed by atoms with van der Waals surface area (Å²) in [5, 5.41) is 5.44. The lowest BCUT2D eigenvalue weighted by molar-refractivity contribution is 0.596. The van der Waals surface area contributed by atoms with Crippen LogP contribution in [0.15, 0.2) is 12.1 Å². The summed E-state index contributed by atoms with van der Waals surface area (Å²) in [6.45, 7) is 6.67. The predicted molar refractivity (Wildman–Crippen MR) is 69.3 cm³/mol. The summed E-state index contributed by atoms with van der Waals surface area (Å²) in [6.07, 6.45) is 0. The zero-order valence-corrected chi connectivity index (χ0v) is 12.3. The van der Waals surface area contributed by atoms with Crippen LogP contribution in [-0.4, -0.2) is 17.3 Å². The maximum absolute atomic E-state index is 6.16. The second-order valence-electron chi connectivity index (χ2n) is 4.61. The number of rotatable bonds is 1. The number of hydrogen-bond donors (Lipinski definition) is 1. The molecule has 0 heterocycles. The van der Waals surface area contributed by atoms with Crippen LogP contribution >= 0.6 is 11.6 Å². The van der Waals surface area contributed by atoms with E-state index < -0.39 is 0 Å². The van der Waals surface area contributed by atoms with Gasteiger partial charge in [0.1, 0.15) is 0 Å². The highest BCUT2D eigenvalue weighted by atomic mass is 35.5. The molecular weight excluding hydrogens is 210 g/mol. The summed E-state index contributed by atoms with van der Waals surface area (Å²) in [5.74, 6) is 0. The van der Waals surface area contributed by atoms with E-state index in [1.807, 2.05) is 13.1 Å². The third-order valence-corrected chi connectivity index (χ3v) is 3.51. The standard InChI is InChI=1S/C11H18ClNSi/c1-11(2,3)9-8(14)6-5-7(12)10(9)13-4/h5-6,13H,1-4,14H3. The van der Waals surface area contributed by atoms with Crippen LogP contribution in [0, 0.1) is 0 Å². The Hall–Kier alpha value is -0.473. The molecule has 0 atom stereocenters. The minimum absolute atomic E-state index is 0.153. The van der Waals surface area contributed by atoms with E-state index in [0.29, 0.717) is 0 Å². The first-order chi connectivity index (χ1) is 6.38. The Morgan fingerprint density at radius 1 is 1.29 bits per heavy atom. The van der Waals surface area contributed by atoms with E-state index in [9.17, 15) is 0 Å². The molecule has 0 fully saturated rings. The van der Waals surface area contributed by atoms with Crippen LogP contribution in [0.5, 0.6) is 0 Å². The van der Waals surface area contributed by atoms with Gasteiger partial charge in [-0.15, -0.1) is 0 Å². The Labute approximate surface area is 94.3 Å². The molecule has 1 N–H and O–H groups in total. The zero-order chi connectivity index (χ0) is 10.9. The molecule has 0 saturated heterocycles. The van der Waals surface area contributed by atoms with Crippen molar-refractivity contribution in [3.05, 3.63) is 22.7 Å². The third-order valence-electron chi connectivity index (χ3n) is 2.36. The molecule has 0 aromatic heterocycles. The summed E-state index contributed by atoms with van der Waals surface area (Å²) >= 11 is 6.16. The molecule has 0 spiro atoms. The fourth-order valence-corrected chi connectivity index (χ4v) is 3.31. The van der Waals surface area contributed by atoms with Gasteiger partial charge in [-0.25, -0.2) is 0 Å². The summed E-state index contributed by atoms with van der Waals surface area (Å²) in [5.41, 5.74) is 2.60. The van der Waals surface area contributed by atoms with Crippen molar-refractivity contribution in [2.45, 2.75) is 26.2 Å². The molecular formula is C11H18ClNSi. The number of nitrogens with one attached hydrogen (secondary N) is 1. The number of anilines is 1. The van der Waals surface area contributed by atoms with E-state index in [2.05, 4.69) is 32.2 Å². The molecule has 0 amide bonds. The molecule has 0 aliphatic rings. The molecule has 0 aliphatic heterocycles. The Bertz CT molecular complexity index is 342. The first-order valence-corrected chi connectivity index (χ1v) is 6.23. The number of benzene rings is 1. The summed E-state index contributed by atoms with van der Waals surface area (Å²) in [4.78, 5) is 0. The third kappa shape index (κ3) is 2.12. The average molecular weight is 228 g/mol. The largest absolute Gasteiger partial charge is 0.387 e. The van der Waals surface area contributed by atoms with Crippen LogP contribution in [0.3, 0.4) is 0 Å². The lowest BCUT2D eigenvalue weighted by atomic mass is 9.85. The lowest BCUT2D eigenvalue weighted by Gasteiger charge is -2.26. The lowest BCUT2D eigenvalue weighted by Crippen LogP contribution is -2.25. The second-order valence-corrected chi connectivity index (χ2v) is 6.10. The highest BCUT2D eigenvalue weighted by Crippen LogP contribution is 2.32. The maximum atomic E-state index is 6.16. The van der Waals surface area contributed by atoms with Gasteiger partial charge in [-0.1, -0.05) is 43.6 Å². The Kier molecular flexibility index (Phi) is 3.27. The van der Waals surface area contributed by atoms with Crippen molar-refractivity contribution in [3.63, 3.8) is 0 Å². The Morgan fingerprint density at radius 2 is 1.86 bits per heavy atom.